The van der Waals surface area contributed by atoms with Crippen LogP contribution in [0.25, 0.3) is 0 Å². The van der Waals surface area contributed by atoms with Gasteiger partial charge in [-0.2, -0.15) is 0 Å². The molecule has 0 amide bonds. The van der Waals surface area contributed by atoms with E-state index in [0.29, 0.717) is 23.0 Å². The molecule has 2 unspecified atom stereocenters. The first-order valence-corrected chi connectivity index (χ1v) is 12.8. The lowest BCUT2D eigenvalue weighted by Crippen LogP contribution is -2.22. The van der Waals surface area contributed by atoms with Crippen LogP contribution < -0.4 is 9.47 Å². The number of para-hydroxylation sites is 2. The Bertz CT molecular complexity index is 1230. The molecule has 7 nitrogen and oxygen atoms in total. The van der Waals surface area contributed by atoms with Crippen molar-refractivity contribution in [2.75, 3.05) is 0 Å². The number of hydrogen-bond donors (Lipinski definition) is 0. The molecule has 0 saturated heterocycles. The van der Waals surface area contributed by atoms with E-state index in [1.807, 2.05) is 97.1 Å². The molecule has 0 aromatic heterocycles. The summed E-state index contributed by atoms with van der Waals surface area (Å²) in [6, 6.07) is 33.3. The van der Waals surface area contributed by atoms with E-state index in [9.17, 15) is 9.59 Å². The van der Waals surface area contributed by atoms with Gasteiger partial charge in [0, 0.05) is 0 Å². The SMILES string of the molecule is CC(C(=O)[O][Al][O]C(=O)C(C)c1cccc(Oc2ccccc2)c1)c1cccc(Oc2ccccc2)c1.O. The highest BCUT2D eigenvalue weighted by Gasteiger charge is 2.24. The van der Waals surface area contributed by atoms with E-state index in [0.717, 1.165) is 11.1 Å². The van der Waals surface area contributed by atoms with Crippen molar-refractivity contribution >= 4 is 27.8 Å². The molecule has 0 aliphatic rings. The van der Waals surface area contributed by atoms with Crippen molar-refractivity contribution in [3.63, 3.8) is 0 Å². The molecular weight excluding hydrogens is 499 g/mol. The lowest BCUT2D eigenvalue weighted by molar-refractivity contribution is -0.140. The molecule has 0 bridgehead atoms. The molecule has 4 rings (SSSR count). The van der Waals surface area contributed by atoms with Gasteiger partial charge in [0.2, 0.25) is 0 Å². The van der Waals surface area contributed by atoms with E-state index >= 15 is 0 Å². The first-order valence-electron chi connectivity index (χ1n) is 11.9. The van der Waals surface area contributed by atoms with Gasteiger partial charge in [-0.05, 0) is 73.5 Å². The predicted molar refractivity (Wildman–Crippen MR) is 144 cm³/mol. The first kappa shape index (κ1) is 28.5. The number of benzene rings is 4. The Kier molecular flexibility index (Phi) is 10.5. The lowest BCUT2D eigenvalue weighted by atomic mass is 10.0. The third kappa shape index (κ3) is 7.96. The van der Waals surface area contributed by atoms with Crippen LogP contribution in [0.4, 0.5) is 0 Å². The minimum Gasteiger partial charge on any atom is -0.589 e. The molecular formula is C30H28AlO7. The molecule has 0 spiro atoms. The zero-order chi connectivity index (χ0) is 26.0. The topological polar surface area (TPSA) is 103 Å². The van der Waals surface area contributed by atoms with Gasteiger partial charge in [0.05, 0.1) is 11.8 Å². The summed E-state index contributed by atoms with van der Waals surface area (Å²) in [5.41, 5.74) is 1.49. The smallest absolute Gasteiger partial charge is 0.589 e. The highest BCUT2D eigenvalue weighted by Crippen LogP contribution is 2.27. The summed E-state index contributed by atoms with van der Waals surface area (Å²) in [5.74, 6) is 0.625. The van der Waals surface area contributed by atoms with Crippen LogP contribution in [0.15, 0.2) is 109 Å². The van der Waals surface area contributed by atoms with E-state index in [4.69, 9.17) is 17.1 Å². The van der Waals surface area contributed by atoms with Crippen molar-refractivity contribution in [2.24, 2.45) is 0 Å². The second kappa shape index (κ2) is 14.0. The summed E-state index contributed by atoms with van der Waals surface area (Å²) < 4.78 is 22.3. The standard InChI is InChI=1S/2C15H14O3.Al.H2O/c2*1-11(15(16)17)12-6-5-9-14(10-12)18-13-7-3-2-4-8-13;;/h2*2-11H,1H3,(H,16,17);;1H2/q;;+2;/p-2. The van der Waals surface area contributed by atoms with E-state index in [-0.39, 0.29) is 5.48 Å². The molecule has 0 fully saturated rings. The molecule has 1 radical (unpaired) electrons. The Labute approximate surface area is 228 Å². The van der Waals surface area contributed by atoms with Crippen molar-refractivity contribution in [1.29, 1.82) is 0 Å². The van der Waals surface area contributed by atoms with E-state index in [1.54, 1.807) is 26.0 Å². The van der Waals surface area contributed by atoms with Gasteiger partial charge >= 0.3 is 15.9 Å². The van der Waals surface area contributed by atoms with Crippen molar-refractivity contribution in [2.45, 2.75) is 25.7 Å². The van der Waals surface area contributed by atoms with Crippen molar-refractivity contribution in [3.05, 3.63) is 120 Å². The second-order valence-electron chi connectivity index (χ2n) is 8.39. The fraction of sp³-hybridized carbons (Fsp3) is 0.133. The molecule has 193 valence electrons. The lowest BCUT2D eigenvalue weighted by Gasteiger charge is -2.16. The number of ether oxygens (including phenoxy) is 2. The summed E-state index contributed by atoms with van der Waals surface area (Å²) in [5, 5.41) is 0. The van der Waals surface area contributed by atoms with Crippen LogP contribution in [0.2, 0.25) is 0 Å². The molecule has 38 heavy (non-hydrogen) atoms. The van der Waals surface area contributed by atoms with Gasteiger partial charge in [0.1, 0.15) is 23.0 Å². The quantitative estimate of drug-likeness (QED) is 0.235. The molecule has 0 aliphatic carbocycles. The number of hydrogen-bond acceptors (Lipinski definition) is 6. The highest BCUT2D eigenvalue weighted by molar-refractivity contribution is 6.26. The van der Waals surface area contributed by atoms with Crippen molar-refractivity contribution in [1.82, 2.24) is 0 Å². The van der Waals surface area contributed by atoms with Crippen molar-refractivity contribution < 1.29 is 32.1 Å². The maximum absolute atomic E-state index is 12.6. The van der Waals surface area contributed by atoms with E-state index in [2.05, 4.69) is 0 Å². The van der Waals surface area contributed by atoms with Crippen LogP contribution in [0.1, 0.15) is 36.8 Å². The molecule has 0 saturated carbocycles. The molecule has 4 aromatic carbocycles. The van der Waals surface area contributed by atoms with E-state index < -0.39 is 39.7 Å². The fourth-order valence-electron chi connectivity index (χ4n) is 3.54. The molecule has 2 N–H and O–H groups in total. The number of carbonyl (C=O) groups excluding carboxylic acids is 2. The van der Waals surface area contributed by atoms with Crippen LogP contribution in [0, 0.1) is 0 Å². The summed E-state index contributed by atoms with van der Waals surface area (Å²) in [4.78, 5) is 25.2. The minimum atomic E-state index is -1.30. The third-order valence-electron chi connectivity index (χ3n) is 5.71. The normalized spacial score (nSPS) is 11.7. The summed E-state index contributed by atoms with van der Waals surface area (Å²) in [7, 11) is 0. The van der Waals surface area contributed by atoms with Gasteiger partial charge in [-0.1, -0.05) is 60.7 Å². The van der Waals surface area contributed by atoms with Gasteiger partial charge in [0.25, 0.3) is 11.9 Å². The van der Waals surface area contributed by atoms with Crippen LogP contribution >= 0.6 is 0 Å². The summed E-state index contributed by atoms with van der Waals surface area (Å²) >= 11 is -1.30. The summed E-state index contributed by atoms with van der Waals surface area (Å²) in [6.07, 6.45) is 0. The average Bonchev–Trinajstić information content (AvgIpc) is 2.93. The Morgan fingerprint density at radius 2 is 0.921 bits per heavy atom. The van der Waals surface area contributed by atoms with Crippen molar-refractivity contribution in [3.8, 4) is 23.0 Å². The third-order valence-corrected chi connectivity index (χ3v) is 6.37. The van der Waals surface area contributed by atoms with Gasteiger partial charge in [-0.15, -0.1) is 0 Å². The van der Waals surface area contributed by atoms with Crippen LogP contribution in [-0.2, 0) is 17.2 Å². The zero-order valence-electron chi connectivity index (χ0n) is 21.1. The average molecular weight is 528 g/mol. The Morgan fingerprint density at radius 3 is 1.32 bits per heavy atom. The van der Waals surface area contributed by atoms with Crippen LogP contribution in [0.3, 0.4) is 0 Å². The van der Waals surface area contributed by atoms with Crippen LogP contribution in [-0.4, -0.2) is 33.3 Å². The van der Waals surface area contributed by atoms with Gasteiger partial charge in [0.15, 0.2) is 0 Å². The Balaban J connectivity index is 0.00000400. The fourth-order valence-corrected chi connectivity index (χ4v) is 4.19. The predicted octanol–water partition coefficient (Wildman–Crippen LogP) is 5.97. The molecule has 0 aliphatic heterocycles. The molecule has 0 heterocycles. The molecule has 8 heteroatoms. The van der Waals surface area contributed by atoms with Gasteiger partial charge < -0.3 is 22.5 Å². The second-order valence-corrected chi connectivity index (χ2v) is 9.05. The largest absolute Gasteiger partial charge is 0.885 e. The number of rotatable bonds is 10. The Morgan fingerprint density at radius 1 is 0.553 bits per heavy atom. The monoisotopic (exact) mass is 527 g/mol. The highest BCUT2D eigenvalue weighted by atomic mass is 27.2. The molecule has 2 atom stereocenters. The maximum atomic E-state index is 12.6. The maximum Gasteiger partial charge on any atom is 0.885 e. The van der Waals surface area contributed by atoms with Crippen LogP contribution in [0.5, 0.6) is 23.0 Å². The number of carbonyl (C=O) groups is 2. The van der Waals surface area contributed by atoms with Gasteiger partial charge in [-0.3, -0.25) is 9.59 Å². The zero-order valence-corrected chi connectivity index (χ0v) is 22.2. The Hall–Kier alpha value is -4.09. The minimum absolute atomic E-state index is 0. The van der Waals surface area contributed by atoms with E-state index in [1.165, 1.54) is 0 Å². The van der Waals surface area contributed by atoms with Gasteiger partial charge in [-0.25, -0.2) is 0 Å². The summed E-state index contributed by atoms with van der Waals surface area (Å²) in [6.45, 7) is 3.48. The molecule has 4 aromatic rings. The first-order chi connectivity index (χ1) is 18.0.